The number of thiazole rings is 1. The van der Waals surface area contributed by atoms with Gasteiger partial charge in [0.2, 0.25) is 0 Å². The number of hydrogen-bond acceptors (Lipinski definition) is 6. The number of anilines is 1. The Kier molecular flexibility index (Phi) is 5.19. The molecule has 0 saturated carbocycles. The molecule has 0 radical (unpaired) electrons. The van der Waals surface area contributed by atoms with E-state index < -0.39 is 27.0 Å². The lowest BCUT2D eigenvalue weighted by molar-refractivity contribution is -0.137. The molecule has 0 spiro atoms. The van der Waals surface area contributed by atoms with Crippen molar-refractivity contribution in [3.8, 4) is 0 Å². The SMILES string of the molecule is CS(=O)(=O)CC1(CNc2nc3cc(C(F)(F)F)ccc3s2)CCOCC1. The molecule has 5 nitrogen and oxygen atoms in total. The molecule has 0 unspecified atom stereocenters. The first kappa shape index (κ1) is 19.4. The fourth-order valence-electron chi connectivity index (χ4n) is 3.18. The van der Waals surface area contributed by atoms with E-state index in [1.165, 1.54) is 23.7 Å². The second-order valence-corrected chi connectivity index (χ2v) is 9.91. The van der Waals surface area contributed by atoms with Gasteiger partial charge in [-0.3, -0.25) is 0 Å². The second kappa shape index (κ2) is 6.97. The van der Waals surface area contributed by atoms with Crippen molar-refractivity contribution in [2.75, 3.05) is 37.1 Å². The van der Waals surface area contributed by atoms with Crippen LogP contribution in [0.2, 0.25) is 0 Å². The third kappa shape index (κ3) is 4.66. The second-order valence-electron chi connectivity index (χ2n) is 6.74. The normalized spacial score (nSPS) is 18.2. The molecule has 3 rings (SSSR count). The standard InChI is InChI=1S/C16H19F3N2O3S2/c1-26(22,23)10-15(4-6-24-7-5-15)9-20-14-21-12-8-11(16(17,18)19)2-3-13(12)25-14/h2-3,8H,4-7,9-10H2,1H3,(H,20,21). The van der Waals surface area contributed by atoms with Crippen molar-refractivity contribution >= 4 is 36.5 Å². The number of rotatable bonds is 5. The molecular weight excluding hydrogens is 389 g/mol. The van der Waals surface area contributed by atoms with Gasteiger partial charge in [0, 0.05) is 31.4 Å². The van der Waals surface area contributed by atoms with Crippen molar-refractivity contribution in [3.63, 3.8) is 0 Å². The van der Waals surface area contributed by atoms with Crippen LogP contribution in [0.3, 0.4) is 0 Å². The van der Waals surface area contributed by atoms with Gasteiger partial charge in [-0.1, -0.05) is 11.3 Å². The van der Waals surface area contributed by atoms with E-state index in [0.29, 0.717) is 42.4 Å². The number of halogens is 3. The Labute approximate surface area is 153 Å². The van der Waals surface area contributed by atoms with Gasteiger partial charge in [0.15, 0.2) is 5.13 Å². The largest absolute Gasteiger partial charge is 0.416 e. The molecule has 1 saturated heterocycles. The highest BCUT2D eigenvalue weighted by Crippen LogP contribution is 2.36. The van der Waals surface area contributed by atoms with E-state index in [-0.39, 0.29) is 11.3 Å². The molecule has 2 aromatic rings. The van der Waals surface area contributed by atoms with Gasteiger partial charge in [0.25, 0.3) is 0 Å². The zero-order chi connectivity index (χ0) is 19.0. The summed E-state index contributed by atoms with van der Waals surface area (Å²) in [6.45, 7) is 1.37. The van der Waals surface area contributed by atoms with E-state index in [0.717, 1.165) is 12.1 Å². The Morgan fingerprint density at radius 2 is 2.00 bits per heavy atom. The van der Waals surface area contributed by atoms with E-state index >= 15 is 0 Å². The Morgan fingerprint density at radius 3 is 2.62 bits per heavy atom. The number of alkyl halides is 3. The monoisotopic (exact) mass is 408 g/mol. The van der Waals surface area contributed by atoms with Crippen molar-refractivity contribution < 1.29 is 26.3 Å². The zero-order valence-electron chi connectivity index (χ0n) is 14.1. The van der Waals surface area contributed by atoms with E-state index in [1.54, 1.807) is 0 Å². The van der Waals surface area contributed by atoms with E-state index in [2.05, 4.69) is 10.3 Å². The van der Waals surface area contributed by atoms with Gasteiger partial charge in [-0.05, 0) is 31.0 Å². The molecule has 0 bridgehead atoms. The first-order valence-corrected chi connectivity index (χ1v) is 10.9. The first-order valence-electron chi connectivity index (χ1n) is 8.04. The molecule has 0 aliphatic carbocycles. The average Bonchev–Trinajstić information content (AvgIpc) is 2.93. The summed E-state index contributed by atoms with van der Waals surface area (Å²) in [6, 6.07) is 3.47. The van der Waals surface area contributed by atoms with E-state index in [4.69, 9.17) is 4.74 Å². The van der Waals surface area contributed by atoms with Crippen LogP contribution in [-0.2, 0) is 20.8 Å². The number of nitrogens with one attached hydrogen (secondary N) is 1. The van der Waals surface area contributed by atoms with Crippen molar-refractivity contribution in [3.05, 3.63) is 23.8 Å². The zero-order valence-corrected chi connectivity index (χ0v) is 15.7. The van der Waals surface area contributed by atoms with Crippen LogP contribution in [0.15, 0.2) is 18.2 Å². The minimum Gasteiger partial charge on any atom is -0.381 e. The number of nitrogens with zero attached hydrogens (tertiary/aromatic N) is 1. The molecule has 2 heterocycles. The predicted molar refractivity (Wildman–Crippen MR) is 95.3 cm³/mol. The summed E-state index contributed by atoms with van der Waals surface area (Å²) in [5.41, 5.74) is -0.919. The molecule has 0 amide bonds. The minimum absolute atomic E-state index is 0.0411. The van der Waals surface area contributed by atoms with Gasteiger partial charge >= 0.3 is 6.18 Å². The molecule has 1 fully saturated rings. The van der Waals surface area contributed by atoms with Crippen LogP contribution in [0.4, 0.5) is 18.3 Å². The minimum atomic E-state index is -4.41. The quantitative estimate of drug-likeness (QED) is 0.819. The number of sulfone groups is 1. The fourth-order valence-corrected chi connectivity index (χ4v) is 5.52. The molecule has 1 aliphatic heterocycles. The van der Waals surface area contributed by atoms with Gasteiger partial charge in [-0.15, -0.1) is 0 Å². The topological polar surface area (TPSA) is 68.3 Å². The van der Waals surface area contributed by atoms with Crippen LogP contribution in [0.5, 0.6) is 0 Å². The molecular formula is C16H19F3N2O3S2. The summed E-state index contributed by atoms with van der Waals surface area (Å²) in [5, 5.41) is 3.62. The molecule has 26 heavy (non-hydrogen) atoms. The maximum Gasteiger partial charge on any atom is 0.416 e. The summed E-state index contributed by atoms with van der Waals surface area (Å²) in [5.74, 6) is 0.0411. The smallest absolute Gasteiger partial charge is 0.381 e. The molecule has 1 aromatic carbocycles. The maximum atomic E-state index is 12.8. The highest BCUT2D eigenvalue weighted by atomic mass is 32.2. The first-order chi connectivity index (χ1) is 12.1. The van der Waals surface area contributed by atoms with Crippen molar-refractivity contribution in [1.82, 2.24) is 4.98 Å². The maximum absolute atomic E-state index is 12.8. The van der Waals surface area contributed by atoms with E-state index in [9.17, 15) is 21.6 Å². The summed E-state index contributed by atoms with van der Waals surface area (Å²) >= 11 is 1.25. The highest BCUT2D eigenvalue weighted by molar-refractivity contribution is 7.90. The lowest BCUT2D eigenvalue weighted by Gasteiger charge is -2.36. The van der Waals surface area contributed by atoms with Crippen LogP contribution in [0, 0.1) is 5.41 Å². The lowest BCUT2D eigenvalue weighted by Crippen LogP contribution is -2.41. The highest BCUT2D eigenvalue weighted by Gasteiger charge is 2.36. The predicted octanol–water partition coefficient (Wildman–Crippen LogP) is 3.57. The van der Waals surface area contributed by atoms with Crippen LogP contribution < -0.4 is 5.32 Å². The van der Waals surface area contributed by atoms with Crippen molar-refractivity contribution in [1.29, 1.82) is 0 Å². The van der Waals surface area contributed by atoms with Crippen molar-refractivity contribution in [2.45, 2.75) is 19.0 Å². The summed E-state index contributed by atoms with van der Waals surface area (Å²) in [7, 11) is -3.17. The number of aromatic nitrogens is 1. The molecule has 10 heteroatoms. The number of ether oxygens (including phenoxy) is 1. The molecule has 1 aliphatic rings. The Hall–Kier alpha value is -1.39. The number of hydrogen-bond donors (Lipinski definition) is 1. The van der Waals surface area contributed by atoms with Crippen LogP contribution in [0.1, 0.15) is 18.4 Å². The van der Waals surface area contributed by atoms with Crippen LogP contribution >= 0.6 is 11.3 Å². The molecule has 1 N–H and O–H groups in total. The van der Waals surface area contributed by atoms with Crippen molar-refractivity contribution in [2.24, 2.45) is 5.41 Å². The Morgan fingerprint density at radius 1 is 1.31 bits per heavy atom. The molecule has 0 atom stereocenters. The van der Waals surface area contributed by atoms with Gasteiger partial charge in [-0.25, -0.2) is 13.4 Å². The fraction of sp³-hybridized carbons (Fsp3) is 0.562. The van der Waals surface area contributed by atoms with Crippen LogP contribution in [-0.4, -0.2) is 45.2 Å². The van der Waals surface area contributed by atoms with Gasteiger partial charge < -0.3 is 10.1 Å². The lowest BCUT2D eigenvalue weighted by atomic mass is 9.82. The van der Waals surface area contributed by atoms with Gasteiger partial charge in [0.1, 0.15) is 9.84 Å². The van der Waals surface area contributed by atoms with Crippen LogP contribution in [0.25, 0.3) is 10.2 Å². The third-order valence-electron chi connectivity index (χ3n) is 4.45. The molecule has 144 valence electrons. The van der Waals surface area contributed by atoms with E-state index in [1.807, 2.05) is 0 Å². The average molecular weight is 408 g/mol. The molecule has 1 aromatic heterocycles. The summed E-state index contributed by atoms with van der Waals surface area (Å²) < 4.78 is 68.0. The van der Waals surface area contributed by atoms with Gasteiger partial charge in [0.05, 0.1) is 21.5 Å². The van der Waals surface area contributed by atoms with Gasteiger partial charge in [-0.2, -0.15) is 13.2 Å². The summed E-state index contributed by atoms with van der Waals surface area (Å²) in [4.78, 5) is 4.23. The summed E-state index contributed by atoms with van der Waals surface area (Å²) in [6.07, 6.45) is -1.99. The number of benzene rings is 1. The Balaban J connectivity index is 1.79. The Bertz CT molecular complexity index is 888. The third-order valence-corrected chi connectivity index (χ3v) is 6.58. The number of fused-ring (bicyclic) bond motifs is 1.